The van der Waals surface area contributed by atoms with Crippen molar-refractivity contribution in [1.29, 1.82) is 0 Å². The van der Waals surface area contributed by atoms with Gasteiger partial charge in [0.25, 0.3) is 0 Å². The van der Waals surface area contributed by atoms with Gasteiger partial charge >= 0.3 is 57.4 Å². The smallest absolute Gasteiger partial charge is 0 e. The molecule has 0 radical (unpaired) electrons. The van der Waals surface area contributed by atoms with Crippen LogP contribution in [0.5, 0.6) is 0 Å². The number of nitrogens with zero attached hydrogens (tertiary/aromatic N) is 2. The first-order chi connectivity index (χ1) is 10.1. The Morgan fingerprint density at radius 1 is 0.625 bits per heavy atom. The molecule has 24 heavy (non-hydrogen) atoms. The molecule has 0 rings (SSSR count). The van der Waals surface area contributed by atoms with Crippen molar-refractivity contribution in [1.82, 2.24) is 8.88 Å². The molecule has 152 valence electrons. The average molecular weight is 536 g/mol. The van der Waals surface area contributed by atoms with E-state index in [1.165, 1.54) is 0 Å². The van der Waals surface area contributed by atoms with Crippen molar-refractivity contribution in [3.63, 3.8) is 0 Å². The van der Waals surface area contributed by atoms with Crippen molar-refractivity contribution in [2.75, 3.05) is 14.1 Å². The van der Waals surface area contributed by atoms with Crippen molar-refractivity contribution in [2.45, 2.75) is 0 Å². The van der Waals surface area contributed by atoms with E-state index in [1.807, 2.05) is 0 Å². The Morgan fingerprint density at radius 3 is 0.708 bits per heavy atom. The molecule has 0 aromatic carbocycles. The molecule has 0 aliphatic carbocycles. The van der Waals surface area contributed by atoms with E-state index in [9.17, 15) is 33.6 Å². The van der Waals surface area contributed by atoms with Gasteiger partial charge in [0.1, 0.15) is 0 Å². The van der Waals surface area contributed by atoms with Crippen molar-refractivity contribution in [3.8, 4) is 0 Å². The average Bonchev–Trinajstić information content (AvgIpc) is 2.51. The first kappa shape index (κ1) is 44.6. The minimum Gasteiger partial charge on any atom is -0.545 e. The Balaban J connectivity index is -0.0000000344. The summed E-state index contributed by atoms with van der Waals surface area (Å²) in [6, 6.07) is 0. The number of halogens is 8. The van der Waals surface area contributed by atoms with Crippen LogP contribution in [0, 0.1) is 13.3 Å². The van der Waals surface area contributed by atoms with Gasteiger partial charge in [0.05, 0.1) is 0 Å². The van der Waals surface area contributed by atoms with Crippen molar-refractivity contribution >= 4 is 41.6 Å². The summed E-state index contributed by atoms with van der Waals surface area (Å²) in [6.45, 7) is 12.2. The summed E-state index contributed by atoms with van der Waals surface area (Å²) in [5, 5.41) is 0. The third-order valence-electron chi connectivity index (χ3n) is 0.875. The molecule has 0 aromatic heterocycles. The summed E-state index contributed by atoms with van der Waals surface area (Å²) in [5.74, 6) is 0. The van der Waals surface area contributed by atoms with E-state index in [-0.39, 0.29) is 41.9 Å². The van der Waals surface area contributed by atoms with E-state index >= 15 is 0 Å². The Labute approximate surface area is 158 Å². The zero-order valence-electron chi connectivity index (χ0n) is 11.1. The minimum atomic E-state index is -3.59. The molecule has 0 aromatic rings. The Kier molecular flexibility index (Phi) is 65.6. The first-order valence-corrected chi connectivity index (χ1v) is 8.00. The second-order valence-electron chi connectivity index (χ2n) is 1.84. The molecule has 5 nitrogen and oxygen atoms in total. The molecule has 0 spiro atoms. The van der Waals surface area contributed by atoms with Crippen LogP contribution in [0.15, 0.2) is 0 Å². The van der Waals surface area contributed by atoms with Gasteiger partial charge in [-0.05, 0) is 0 Å². The summed E-state index contributed by atoms with van der Waals surface area (Å²) < 4.78 is 104. The topological polar surface area (TPSA) is 63.4 Å². The largest absolute Gasteiger partial charge is 0.545 e. The zero-order valence-corrected chi connectivity index (χ0v) is 16.7. The molecule has 0 aliphatic heterocycles. The SMILES string of the molecule is CN(P(F)F)P(F)F.CN(P(F)F)P(F)F.[C-]#[O+].[C-]#[O+].[CH-]=O.[Ni].[Ni]. The monoisotopic (exact) mass is 535 g/mol. The molecular formula is C5H7F8N2Ni2O3P4-. The third kappa shape index (κ3) is 38.7. The number of rotatable bonds is 4. The summed E-state index contributed by atoms with van der Waals surface area (Å²) in [5.41, 5.74) is 0. The van der Waals surface area contributed by atoms with Crippen LogP contribution in [0.3, 0.4) is 0 Å². The van der Waals surface area contributed by atoms with Gasteiger partial charge in [-0.25, -0.2) is 0 Å². The molecule has 0 N–H and O–H groups in total. The van der Waals surface area contributed by atoms with Gasteiger partial charge in [0, 0.05) is 47.1 Å². The normalized spacial score (nSPS) is 8.33. The fraction of sp³-hybridized carbons (Fsp3) is 0.400. The van der Waals surface area contributed by atoms with Crippen LogP contribution in [0.1, 0.15) is 0 Å². The quantitative estimate of drug-likeness (QED) is 0.108. The molecule has 19 heteroatoms. The molecule has 0 saturated carbocycles. The fourth-order valence-corrected chi connectivity index (χ4v) is 0.920. The van der Waals surface area contributed by atoms with Crippen LogP contribution < -0.4 is 0 Å². The Morgan fingerprint density at radius 2 is 0.708 bits per heavy atom. The molecule has 0 fully saturated rings. The molecule has 0 aliphatic rings. The van der Waals surface area contributed by atoms with Crippen molar-refractivity contribution < 1.29 is 80.7 Å². The number of carbonyl (C=O) groups excluding carboxylic acids is 1. The van der Waals surface area contributed by atoms with E-state index < -0.39 is 34.8 Å². The van der Waals surface area contributed by atoms with E-state index in [4.69, 9.17) is 14.1 Å². The molecule has 0 heterocycles. The second kappa shape index (κ2) is 35.3. The molecule has 0 unspecified atom stereocenters. The van der Waals surface area contributed by atoms with Crippen LogP contribution in [0.2, 0.25) is 0 Å². The van der Waals surface area contributed by atoms with Crippen LogP contribution in [0.4, 0.5) is 33.6 Å². The molecule has 0 amide bonds. The van der Waals surface area contributed by atoms with Gasteiger partial charge in [-0.3, -0.25) is 6.79 Å². The summed E-state index contributed by atoms with van der Waals surface area (Å²) in [6.07, 6.45) is 0. The molecule has 0 saturated heterocycles. The van der Waals surface area contributed by atoms with E-state index in [2.05, 4.69) is 20.1 Å². The maximum absolute atomic E-state index is 11.2. The first-order valence-electron chi connectivity index (χ1n) is 3.69. The van der Waals surface area contributed by atoms with Crippen LogP contribution >= 0.6 is 34.8 Å². The third-order valence-corrected chi connectivity index (χ3v) is 4.25. The summed E-state index contributed by atoms with van der Waals surface area (Å²) in [7, 11) is -12.9. The number of hydrogen-bond acceptors (Lipinski definition) is 3. The van der Waals surface area contributed by atoms with Crippen molar-refractivity contribution in [2.24, 2.45) is 0 Å². The fourth-order valence-electron chi connectivity index (χ4n) is 0.102. The van der Waals surface area contributed by atoms with Gasteiger partial charge in [-0.15, -0.1) is 0 Å². The standard InChI is InChI=1S/2CH3F4NP2.CHO.2CO.2Ni/c2*1-6(7(2)3)8(4)5;3*1-2;;/h2*1H3;1H;;;;/q;;-1;;;;. The molecular weight excluding hydrogens is 529 g/mol. The Hall–Kier alpha value is 1.22. The second-order valence-corrected chi connectivity index (χ2v) is 6.59. The Bertz CT molecular complexity index is 232. The van der Waals surface area contributed by atoms with E-state index in [1.54, 1.807) is 0 Å². The maximum atomic E-state index is 11.2. The molecule has 0 bridgehead atoms. The van der Waals surface area contributed by atoms with E-state index in [0.29, 0.717) is 14.1 Å². The van der Waals surface area contributed by atoms with Crippen LogP contribution in [-0.4, -0.2) is 29.8 Å². The van der Waals surface area contributed by atoms with Gasteiger partial charge in [0.15, 0.2) is 0 Å². The number of hydrogen-bond donors (Lipinski definition) is 0. The zero-order chi connectivity index (χ0) is 19.5. The predicted octanol–water partition coefficient (Wildman–Crippen LogP) is 6.15. The van der Waals surface area contributed by atoms with E-state index in [0.717, 1.165) is 0 Å². The van der Waals surface area contributed by atoms with Gasteiger partial charge in [-0.2, -0.15) is 42.5 Å². The summed E-state index contributed by atoms with van der Waals surface area (Å²) in [4.78, 5) is 7.75. The predicted molar refractivity (Wildman–Crippen MR) is 66.7 cm³/mol. The van der Waals surface area contributed by atoms with Crippen molar-refractivity contribution in [3.05, 3.63) is 13.3 Å². The maximum Gasteiger partial charge on any atom is 0 e. The van der Waals surface area contributed by atoms with Crippen LogP contribution in [0.25, 0.3) is 0 Å². The van der Waals surface area contributed by atoms with Gasteiger partial charge in [0.2, 0.25) is 0 Å². The minimum absolute atomic E-state index is 0. The van der Waals surface area contributed by atoms with Gasteiger partial charge < -0.3 is 4.79 Å². The molecule has 0 atom stereocenters. The van der Waals surface area contributed by atoms with Gasteiger partial charge in [-0.1, -0.05) is 0 Å². The van der Waals surface area contributed by atoms with Crippen LogP contribution in [-0.2, 0) is 47.1 Å². The summed E-state index contributed by atoms with van der Waals surface area (Å²) >= 11 is 0.